The molecule has 0 fully saturated rings. The molecular formula is C13H11O3S. The SMILES string of the molecule is COc1[c]ccc(-c2cccc([SH](=O)=O)c2)c1. The molecule has 87 valence electrons. The molecule has 0 amide bonds. The molecule has 0 saturated heterocycles. The van der Waals surface area contributed by atoms with Crippen molar-refractivity contribution in [3.05, 3.63) is 48.5 Å². The van der Waals surface area contributed by atoms with Crippen LogP contribution in [0.3, 0.4) is 0 Å². The van der Waals surface area contributed by atoms with Crippen molar-refractivity contribution in [1.82, 2.24) is 0 Å². The Morgan fingerprint density at radius 3 is 2.59 bits per heavy atom. The molecule has 1 radical (unpaired) electrons. The van der Waals surface area contributed by atoms with Gasteiger partial charge in [0.05, 0.1) is 12.0 Å². The maximum atomic E-state index is 10.9. The number of rotatable bonds is 3. The van der Waals surface area contributed by atoms with Crippen LogP contribution in [0.25, 0.3) is 11.1 Å². The zero-order chi connectivity index (χ0) is 12.3. The molecule has 0 saturated carbocycles. The van der Waals surface area contributed by atoms with Gasteiger partial charge >= 0.3 is 0 Å². The molecule has 2 aromatic carbocycles. The van der Waals surface area contributed by atoms with Crippen molar-refractivity contribution in [1.29, 1.82) is 0 Å². The van der Waals surface area contributed by atoms with Crippen LogP contribution in [0.1, 0.15) is 0 Å². The van der Waals surface area contributed by atoms with Gasteiger partial charge in [-0.1, -0.05) is 18.2 Å². The number of methoxy groups -OCH3 is 1. The highest BCUT2D eigenvalue weighted by molar-refractivity contribution is 7.72. The molecule has 0 unspecified atom stereocenters. The molecular weight excluding hydrogens is 236 g/mol. The summed E-state index contributed by atoms with van der Waals surface area (Å²) in [5, 5.41) is 0. The maximum Gasteiger partial charge on any atom is 0.168 e. The van der Waals surface area contributed by atoms with E-state index in [1.54, 1.807) is 31.4 Å². The Labute approximate surface area is 102 Å². The first kappa shape index (κ1) is 11.7. The van der Waals surface area contributed by atoms with E-state index >= 15 is 0 Å². The third kappa shape index (κ3) is 2.65. The molecule has 0 bridgehead atoms. The van der Waals surface area contributed by atoms with Crippen molar-refractivity contribution in [2.24, 2.45) is 0 Å². The molecule has 0 N–H and O–H groups in total. The fourth-order valence-electron chi connectivity index (χ4n) is 1.54. The zero-order valence-electron chi connectivity index (χ0n) is 9.21. The van der Waals surface area contributed by atoms with Gasteiger partial charge in [-0.2, -0.15) is 0 Å². The van der Waals surface area contributed by atoms with E-state index < -0.39 is 10.7 Å². The molecule has 0 heterocycles. The number of ether oxygens (including phenoxy) is 1. The first-order valence-corrected chi connectivity index (χ1v) is 6.19. The van der Waals surface area contributed by atoms with E-state index in [1.807, 2.05) is 18.2 Å². The van der Waals surface area contributed by atoms with Gasteiger partial charge in [0.2, 0.25) is 0 Å². The summed E-state index contributed by atoms with van der Waals surface area (Å²) in [6, 6.07) is 15.1. The first-order chi connectivity index (χ1) is 8.20. The zero-order valence-corrected chi connectivity index (χ0v) is 10.1. The molecule has 0 aliphatic rings. The molecule has 0 aliphatic carbocycles. The molecule has 0 spiro atoms. The minimum Gasteiger partial charge on any atom is -0.496 e. The average molecular weight is 247 g/mol. The van der Waals surface area contributed by atoms with Crippen LogP contribution in [0.15, 0.2) is 47.4 Å². The lowest BCUT2D eigenvalue weighted by Crippen LogP contribution is -1.85. The minimum atomic E-state index is -2.55. The molecule has 4 heteroatoms. The fourth-order valence-corrected chi connectivity index (χ4v) is 1.99. The summed E-state index contributed by atoms with van der Waals surface area (Å²) < 4.78 is 26.9. The van der Waals surface area contributed by atoms with E-state index in [-0.39, 0.29) is 0 Å². The van der Waals surface area contributed by atoms with Gasteiger partial charge in [-0.15, -0.1) is 0 Å². The summed E-state index contributed by atoms with van der Waals surface area (Å²) in [6.45, 7) is 0. The number of hydrogen-bond donors (Lipinski definition) is 1. The Kier molecular flexibility index (Phi) is 3.44. The van der Waals surface area contributed by atoms with E-state index in [2.05, 4.69) is 6.07 Å². The van der Waals surface area contributed by atoms with Crippen LogP contribution in [-0.4, -0.2) is 15.5 Å². The molecule has 0 atom stereocenters. The highest BCUT2D eigenvalue weighted by atomic mass is 32.2. The van der Waals surface area contributed by atoms with E-state index in [9.17, 15) is 8.42 Å². The normalized spacial score (nSPS) is 10.5. The molecule has 0 aromatic heterocycles. The van der Waals surface area contributed by atoms with Gasteiger partial charge in [0.15, 0.2) is 10.7 Å². The van der Waals surface area contributed by atoms with Gasteiger partial charge < -0.3 is 4.74 Å². The van der Waals surface area contributed by atoms with Crippen LogP contribution in [0.5, 0.6) is 5.75 Å². The van der Waals surface area contributed by atoms with E-state index in [1.165, 1.54) is 0 Å². The summed E-state index contributed by atoms with van der Waals surface area (Å²) in [4.78, 5) is 0.310. The van der Waals surface area contributed by atoms with Crippen molar-refractivity contribution >= 4 is 10.7 Å². The van der Waals surface area contributed by atoms with Crippen LogP contribution in [0.2, 0.25) is 0 Å². The number of thiol groups is 1. The Balaban J connectivity index is 2.48. The summed E-state index contributed by atoms with van der Waals surface area (Å²) in [6.07, 6.45) is 0. The van der Waals surface area contributed by atoms with Gasteiger partial charge in [-0.05, 0) is 35.4 Å². The largest absolute Gasteiger partial charge is 0.496 e. The van der Waals surface area contributed by atoms with Crippen LogP contribution < -0.4 is 4.74 Å². The smallest absolute Gasteiger partial charge is 0.168 e. The van der Waals surface area contributed by atoms with Crippen LogP contribution in [0, 0.1) is 6.07 Å². The summed E-state index contributed by atoms with van der Waals surface area (Å²) in [7, 11) is -0.982. The van der Waals surface area contributed by atoms with Crippen molar-refractivity contribution in [3.63, 3.8) is 0 Å². The first-order valence-electron chi connectivity index (χ1n) is 5.01. The quantitative estimate of drug-likeness (QED) is 0.845. The van der Waals surface area contributed by atoms with Crippen molar-refractivity contribution in [2.45, 2.75) is 4.90 Å². The lowest BCUT2D eigenvalue weighted by Gasteiger charge is -2.04. The molecule has 3 nitrogen and oxygen atoms in total. The van der Waals surface area contributed by atoms with Crippen LogP contribution >= 0.6 is 0 Å². The number of benzene rings is 2. The van der Waals surface area contributed by atoms with Gasteiger partial charge in [0.1, 0.15) is 5.75 Å². The Bertz CT molecular complexity index is 595. The molecule has 0 aliphatic heterocycles. The van der Waals surface area contributed by atoms with Crippen molar-refractivity contribution < 1.29 is 13.2 Å². The third-order valence-corrected chi connectivity index (χ3v) is 3.09. The highest BCUT2D eigenvalue weighted by Crippen LogP contribution is 2.24. The van der Waals surface area contributed by atoms with E-state index in [0.717, 1.165) is 11.1 Å². The van der Waals surface area contributed by atoms with Gasteiger partial charge in [-0.3, -0.25) is 0 Å². The van der Waals surface area contributed by atoms with Gasteiger partial charge in [0, 0.05) is 6.07 Å². The summed E-state index contributed by atoms with van der Waals surface area (Å²) in [5.41, 5.74) is 1.74. The van der Waals surface area contributed by atoms with Gasteiger partial charge in [0.25, 0.3) is 0 Å². The van der Waals surface area contributed by atoms with Crippen molar-refractivity contribution in [3.8, 4) is 16.9 Å². The molecule has 2 aromatic rings. The second-order valence-electron chi connectivity index (χ2n) is 3.45. The lowest BCUT2D eigenvalue weighted by atomic mass is 10.1. The Hall–Kier alpha value is -1.81. The van der Waals surface area contributed by atoms with Crippen molar-refractivity contribution in [2.75, 3.05) is 7.11 Å². The Morgan fingerprint density at radius 1 is 1.12 bits per heavy atom. The summed E-state index contributed by atoms with van der Waals surface area (Å²) >= 11 is 0. The van der Waals surface area contributed by atoms with E-state index in [0.29, 0.717) is 10.6 Å². The monoisotopic (exact) mass is 247 g/mol. The number of hydrogen-bond acceptors (Lipinski definition) is 3. The van der Waals surface area contributed by atoms with E-state index in [4.69, 9.17) is 4.74 Å². The molecule has 2 rings (SSSR count). The minimum absolute atomic E-state index is 0.310. The fraction of sp³-hybridized carbons (Fsp3) is 0.0769. The molecule has 17 heavy (non-hydrogen) atoms. The second-order valence-corrected chi connectivity index (χ2v) is 4.48. The standard InChI is InChI=1S/C13H11O3S/c1-16-12-6-2-4-10(8-12)11-5-3-7-13(9-11)17(14)15/h2-5,7-9,17H,1H3. The van der Waals surface area contributed by atoms with Gasteiger partial charge in [-0.25, -0.2) is 8.42 Å². The highest BCUT2D eigenvalue weighted by Gasteiger charge is 2.02. The third-order valence-electron chi connectivity index (χ3n) is 2.39. The predicted molar refractivity (Wildman–Crippen MR) is 65.8 cm³/mol. The summed E-state index contributed by atoms with van der Waals surface area (Å²) in [5.74, 6) is 0.624. The topological polar surface area (TPSA) is 43.4 Å². The average Bonchev–Trinajstić information content (AvgIpc) is 2.39. The van der Waals surface area contributed by atoms with Crippen LogP contribution in [-0.2, 0) is 10.7 Å². The second kappa shape index (κ2) is 5.01. The lowest BCUT2D eigenvalue weighted by molar-refractivity contribution is 0.414. The Morgan fingerprint density at radius 2 is 1.88 bits per heavy atom. The van der Waals surface area contributed by atoms with Crippen LogP contribution in [0.4, 0.5) is 0 Å². The maximum absolute atomic E-state index is 10.9. The predicted octanol–water partition coefficient (Wildman–Crippen LogP) is 2.13.